The van der Waals surface area contributed by atoms with Crippen molar-refractivity contribution in [3.63, 3.8) is 0 Å². The number of ether oxygens (including phenoxy) is 2. The number of anilines is 2. The lowest BCUT2D eigenvalue weighted by Gasteiger charge is -2.26. The molecule has 1 atom stereocenters. The minimum absolute atomic E-state index is 0.0871. The van der Waals surface area contributed by atoms with Crippen molar-refractivity contribution in [3.05, 3.63) is 53.3 Å². The third kappa shape index (κ3) is 5.63. The van der Waals surface area contributed by atoms with Crippen molar-refractivity contribution in [2.24, 2.45) is 5.73 Å². The molecule has 0 saturated carbocycles. The molecule has 0 aliphatic carbocycles. The molecule has 2 N–H and O–H groups in total. The fourth-order valence-electron chi connectivity index (χ4n) is 4.38. The highest BCUT2D eigenvalue weighted by atomic mass is 19.4. The zero-order chi connectivity index (χ0) is 27.9. The Hall–Kier alpha value is -3.85. The van der Waals surface area contributed by atoms with Crippen LogP contribution in [0.4, 0.5) is 38.0 Å². The van der Waals surface area contributed by atoms with Crippen molar-refractivity contribution >= 4 is 17.6 Å². The highest BCUT2D eigenvalue weighted by molar-refractivity contribution is 5.99. The maximum absolute atomic E-state index is 15.2. The minimum atomic E-state index is -4.91. The van der Waals surface area contributed by atoms with E-state index in [2.05, 4.69) is 14.9 Å². The van der Waals surface area contributed by atoms with E-state index in [-0.39, 0.29) is 35.3 Å². The fraction of sp³-hybridized carbons (Fsp3) is 0.375. The smallest absolute Gasteiger partial charge is 0.406 e. The average Bonchev–Trinajstić information content (AvgIpc) is 3.35. The summed E-state index contributed by atoms with van der Waals surface area (Å²) in [5.41, 5.74) is 4.60. The Labute approximate surface area is 217 Å². The number of hydrogen-bond donors (Lipinski definition) is 1. The summed E-state index contributed by atoms with van der Waals surface area (Å²) in [5, 5.41) is 7.76. The second kappa shape index (κ2) is 10.0. The maximum atomic E-state index is 15.2. The number of amides is 1. The number of fused-ring (bicyclic) bond motifs is 1. The van der Waals surface area contributed by atoms with Crippen LogP contribution in [0.5, 0.6) is 5.75 Å². The molecule has 0 bridgehead atoms. The third-order valence-electron chi connectivity index (χ3n) is 6.25. The molecule has 15 heteroatoms. The van der Waals surface area contributed by atoms with E-state index in [1.165, 1.54) is 12.1 Å². The number of rotatable bonds is 5. The van der Waals surface area contributed by atoms with E-state index in [1.54, 1.807) is 4.90 Å². The zero-order valence-electron chi connectivity index (χ0n) is 20.1. The second-order valence-corrected chi connectivity index (χ2v) is 8.97. The Morgan fingerprint density at radius 3 is 2.46 bits per heavy atom. The molecular weight excluding hydrogens is 536 g/mol. The first kappa shape index (κ1) is 26.7. The number of morpholine rings is 1. The number of benzene rings is 2. The van der Waals surface area contributed by atoms with Gasteiger partial charge >= 0.3 is 12.4 Å². The van der Waals surface area contributed by atoms with Gasteiger partial charge in [-0.05, 0) is 29.8 Å². The number of carbonyl (C=O) groups is 1. The van der Waals surface area contributed by atoms with Gasteiger partial charge in [0.15, 0.2) is 0 Å². The van der Waals surface area contributed by atoms with Crippen molar-refractivity contribution < 1.29 is 45.0 Å². The first-order chi connectivity index (χ1) is 18.4. The number of halogens is 6. The summed E-state index contributed by atoms with van der Waals surface area (Å²) in [6, 6.07) is 4.56. The number of nitrogens with zero attached hydrogens (tertiary/aromatic N) is 4. The largest absolute Gasteiger partial charge is 0.573 e. The third-order valence-corrected chi connectivity index (χ3v) is 6.25. The van der Waals surface area contributed by atoms with Gasteiger partial charge in [-0.25, -0.2) is 13.2 Å². The lowest BCUT2D eigenvalue weighted by Crippen LogP contribution is -2.43. The van der Waals surface area contributed by atoms with Gasteiger partial charge in [0.25, 0.3) is 11.8 Å². The maximum Gasteiger partial charge on any atom is 0.573 e. The molecule has 2 aliphatic heterocycles. The number of alkyl halides is 5. The van der Waals surface area contributed by atoms with Crippen LogP contribution >= 0.6 is 0 Å². The highest BCUT2D eigenvalue weighted by Crippen LogP contribution is 2.45. The van der Waals surface area contributed by atoms with Crippen LogP contribution in [0.15, 0.2) is 40.8 Å². The quantitative estimate of drug-likeness (QED) is 0.470. The van der Waals surface area contributed by atoms with Crippen LogP contribution in [0.2, 0.25) is 0 Å². The summed E-state index contributed by atoms with van der Waals surface area (Å²) in [7, 11) is 0. The van der Waals surface area contributed by atoms with E-state index < -0.39 is 47.8 Å². The predicted octanol–water partition coefficient (Wildman–Crippen LogP) is 3.97. The summed E-state index contributed by atoms with van der Waals surface area (Å²) < 4.78 is 97.7. The molecule has 3 aromatic rings. The summed E-state index contributed by atoms with van der Waals surface area (Å²) in [4.78, 5) is 15.8. The van der Waals surface area contributed by atoms with Gasteiger partial charge in [-0.1, -0.05) is 17.2 Å². The molecule has 2 aliphatic rings. The SMILES string of the molecule is NC1CC(F)(F)c2cc(F)c(-c3nnc(N4CCOCC4)o3)cc2N(Cc2ccc(OC(F)(F)F)cc2)C1=O. The van der Waals surface area contributed by atoms with E-state index in [4.69, 9.17) is 14.9 Å². The van der Waals surface area contributed by atoms with Crippen LogP contribution in [0.3, 0.4) is 0 Å². The molecule has 0 radical (unpaired) electrons. The molecular formula is C24H21F6N5O4. The van der Waals surface area contributed by atoms with Crippen LogP contribution in [0, 0.1) is 5.82 Å². The topological polar surface area (TPSA) is 107 Å². The van der Waals surface area contributed by atoms with E-state index in [9.17, 15) is 18.0 Å². The molecule has 1 saturated heterocycles. The molecule has 5 rings (SSSR count). The molecule has 1 fully saturated rings. The Kier molecular flexibility index (Phi) is 6.88. The van der Waals surface area contributed by atoms with Crippen molar-refractivity contribution in [3.8, 4) is 17.2 Å². The van der Waals surface area contributed by atoms with E-state index in [0.29, 0.717) is 32.4 Å². The highest BCUT2D eigenvalue weighted by Gasteiger charge is 2.45. The van der Waals surface area contributed by atoms with Gasteiger partial charge < -0.3 is 29.4 Å². The molecule has 9 nitrogen and oxygen atoms in total. The van der Waals surface area contributed by atoms with Crippen molar-refractivity contribution in [1.82, 2.24) is 10.2 Å². The molecule has 39 heavy (non-hydrogen) atoms. The van der Waals surface area contributed by atoms with Crippen molar-refractivity contribution in [2.75, 3.05) is 36.1 Å². The van der Waals surface area contributed by atoms with Gasteiger partial charge in [0.2, 0.25) is 5.91 Å². The Morgan fingerprint density at radius 1 is 1.10 bits per heavy atom. The predicted molar refractivity (Wildman–Crippen MR) is 124 cm³/mol. The number of carbonyl (C=O) groups excluding carboxylic acids is 1. The van der Waals surface area contributed by atoms with E-state index in [1.807, 2.05) is 0 Å². The lowest BCUT2D eigenvalue weighted by molar-refractivity contribution is -0.274. The van der Waals surface area contributed by atoms with Crippen LogP contribution in [-0.2, 0) is 22.0 Å². The standard InChI is InChI=1S/C24H21F6N5O4/c25-17-10-16-19(9-15(17)20-32-33-22(38-20)34-5-7-37-8-6-34)35(21(36)18(31)11-23(16,26)27)12-13-1-3-14(4-2-13)39-24(28,29)30/h1-4,9-10,18H,5-8,11-12,31H2. The van der Waals surface area contributed by atoms with Gasteiger partial charge in [-0.3, -0.25) is 4.79 Å². The van der Waals surface area contributed by atoms with Gasteiger partial charge in [-0.15, -0.1) is 18.3 Å². The van der Waals surface area contributed by atoms with Crippen LogP contribution in [0.1, 0.15) is 17.5 Å². The van der Waals surface area contributed by atoms with Crippen molar-refractivity contribution in [2.45, 2.75) is 31.3 Å². The molecule has 1 aromatic heterocycles. The average molecular weight is 557 g/mol. The Balaban J connectivity index is 1.53. The van der Waals surface area contributed by atoms with Gasteiger partial charge in [0.1, 0.15) is 11.6 Å². The molecule has 3 heterocycles. The molecule has 208 valence electrons. The monoisotopic (exact) mass is 557 g/mol. The first-order valence-corrected chi connectivity index (χ1v) is 11.7. The van der Waals surface area contributed by atoms with Gasteiger partial charge in [0.05, 0.1) is 37.1 Å². The van der Waals surface area contributed by atoms with E-state index in [0.717, 1.165) is 23.1 Å². The molecule has 1 unspecified atom stereocenters. The number of hydrogen-bond acceptors (Lipinski definition) is 8. The van der Waals surface area contributed by atoms with Crippen LogP contribution in [0.25, 0.3) is 11.5 Å². The molecule has 2 aromatic carbocycles. The summed E-state index contributed by atoms with van der Waals surface area (Å²) >= 11 is 0. The number of aromatic nitrogens is 2. The minimum Gasteiger partial charge on any atom is -0.406 e. The van der Waals surface area contributed by atoms with Crippen molar-refractivity contribution in [1.29, 1.82) is 0 Å². The zero-order valence-corrected chi connectivity index (χ0v) is 20.1. The Morgan fingerprint density at radius 2 is 1.79 bits per heavy atom. The fourth-order valence-corrected chi connectivity index (χ4v) is 4.38. The normalized spacial score (nSPS) is 19.6. The summed E-state index contributed by atoms with van der Waals surface area (Å²) in [5.74, 6) is -6.44. The lowest BCUT2D eigenvalue weighted by atomic mass is 9.99. The summed E-state index contributed by atoms with van der Waals surface area (Å²) in [6.45, 7) is 1.39. The summed E-state index contributed by atoms with van der Waals surface area (Å²) in [6.07, 6.45) is -5.98. The number of nitrogens with two attached hydrogens (primary N) is 1. The second-order valence-electron chi connectivity index (χ2n) is 8.97. The van der Waals surface area contributed by atoms with Gasteiger partial charge in [-0.2, -0.15) is 0 Å². The molecule has 0 spiro atoms. The van der Waals surface area contributed by atoms with E-state index >= 15 is 13.2 Å². The van der Waals surface area contributed by atoms with Crippen LogP contribution in [-0.4, -0.2) is 54.8 Å². The molecule has 1 amide bonds. The van der Waals surface area contributed by atoms with Gasteiger partial charge in [0, 0.05) is 25.1 Å². The first-order valence-electron chi connectivity index (χ1n) is 11.7. The Bertz CT molecular complexity index is 1360. The van der Waals surface area contributed by atoms with Crippen LogP contribution < -0.4 is 20.3 Å².